The van der Waals surface area contributed by atoms with Gasteiger partial charge in [-0.3, -0.25) is 0 Å². The molecular weight excluding hydrogens is 405 g/mol. The summed E-state index contributed by atoms with van der Waals surface area (Å²) in [6, 6.07) is 17.4. The first kappa shape index (κ1) is 20.8. The van der Waals surface area contributed by atoms with Crippen molar-refractivity contribution in [2.24, 2.45) is 0 Å². The molecule has 0 aliphatic rings. The van der Waals surface area contributed by atoms with Crippen LogP contribution in [0.25, 0.3) is 0 Å². The molecule has 0 saturated carbocycles. The molecule has 0 saturated heterocycles. The standard InChI is InChI=1S/C20H24GeN2O4/c1-20(2,3)23(22-19(25)16-12-8-5-9-13-16)18(24)14-17(21(26)27)15-10-6-4-7-11-15/h4-13,17,26H,14H2,1-3H3,(H,22,25). The summed E-state index contributed by atoms with van der Waals surface area (Å²) in [5.74, 6) is -0.812. The molecule has 6 nitrogen and oxygen atoms in total. The Morgan fingerprint density at radius 3 is 2.04 bits per heavy atom. The summed E-state index contributed by atoms with van der Waals surface area (Å²) in [6.07, 6.45) is -0.147. The van der Waals surface area contributed by atoms with Gasteiger partial charge in [0.2, 0.25) is 0 Å². The molecule has 0 aromatic heterocycles. The third-order valence-corrected chi connectivity index (χ3v) is 6.43. The van der Waals surface area contributed by atoms with E-state index < -0.39 is 36.7 Å². The van der Waals surface area contributed by atoms with Gasteiger partial charge >= 0.3 is 164 Å². The van der Waals surface area contributed by atoms with E-state index in [2.05, 4.69) is 5.43 Å². The molecule has 1 atom stereocenters. The molecule has 2 aromatic carbocycles. The number of carbonyl (C=O) groups is 2. The number of benzene rings is 2. The van der Waals surface area contributed by atoms with E-state index in [9.17, 15) is 17.5 Å². The first-order chi connectivity index (χ1) is 12.7. The van der Waals surface area contributed by atoms with Gasteiger partial charge in [0.15, 0.2) is 0 Å². The van der Waals surface area contributed by atoms with Gasteiger partial charge in [-0.1, -0.05) is 0 Å². The Morgan fingerprint density at radius 1 is 1.04 bits per heavy atom. The predicted molar refractivity (Wildman–Crippen MR) is 103 cm³/mol. The number of amides is 2. The van der Waals surface area contributed by atoms with E-state index in [1.807, 2.05) is 6.07 Å². The Hall–Kier alpha value is -2.48. The minimum atomic E-state index is -3.65. The fourth-order valence-electron chi connectivity index (χ4n) is 2.66. The molecule has 1 unspecified atom stereocenters. The van der Waals surface area contributed by atoms with Crippen molar-refractivity contribution in [1.82, 2.24) is 10.4 Å². The second-order valence-electron chi connectivity index (χ2n) is 7.21. The second-order valence-corrected chi connectivity index (χ2v) is 10.1. The molecule has 27 heavy (non-hydrogen) atoms. The summed E-state index contributed by atoms with van der Waals surface area (Å²) in [7, 11) is 0. The summed E-state index contributed by atoms with van der Waals surface area (Å²) in [4.78, 5) is 25.4. The van der Waals surface area contributed by atoms with Crippen molar-refractivity contribution in [3.05, 3.63) is 71.8 Å². The molecule has 0 aliphatic heterocycles. The zero-order chi connectivity index (χ0) is 20.0. The molecule has 2 aromatic rings. The molecular formula is C20H24GeN2O4. The average molecular weight is 429 g/mol. The predicted octanol–water partition coefficient (Wildman–Crippen LogP) is 2.58. The summed E-state index contributed by atoms with van der Waals surface area (Å²) in [6.45, 7) is 5.38. The zero-order valence-corrected chi connectivity index (χ0v) is 17.8. The van der Waals surface area contributed by atoms with Gasteiger partial charge in [-0.15, -0.1) is 0 Å². The van der Waals surface area contributed by atoms with Crippen LogP contribution in [0.2, 0.25) is 0 Å². The van der Waals surface area contributed by atoms with E-state index in [0.717, 1.165) is 0 Å². The van der Waals surface area contributed by atoms with E-state index in [1.165, 1.54) is 5.01 Å². The first-order valence-corrected chi connectivity index (χ1v) is 11.7. The fourth-order valence-corrected chi connectivity index (χ4v) is 4.39. The Balaban J connectivity index is 2.21. The maximum absolute atomic E-state index is 12.9. The van der Waals surface area contributed by atoms with Crippen LogP contribution in [0.15, 0.2) is 60.7 Å². The molecule has 0 bridgehead atoms. The molecule has 2 rings (SSSR count). The number of rotatable bonds is 5. The SMILES string of the molecule is CC(C)(C)N(NC(=O)c1ccccc1)C(=O)C[CH](c1ccccc1)[Ge](=[O])[OH]. The van der Waals surface area contributed by atoms with Crippen molar-refractivity contribution in [2.75, 3.05) is 0 Å². The van der Waals surface area contributed by atoms with Gasteiger partial charge in [0, 0.05) is 0 Å². The molecule has 0 fully saturated rings. The third-order valence-electron chi connectivity index (χ3n) is 4.05. The van der Waals surface area contributed by atoms with Gasteiger partial charge in [-0.25, -0.2) is 0 Å². The maximum atomic E-state index is 12.9. The van der Waals surface area contributed by atoms with Crippen LogP contribution in [0.3, 0.4) is 0 Å². The number of nitrogens with zero attached hydrogens (tertiary/aromatic N) is 1. The molecule has 0 heterocycles. The summed E-state index contributed by atoms with van der Waals surface area (Å²) in [5, 5.41) is 1.25. The van der Waals surface area contributed by atoms with Crippen LogP contribution < -0.4 is 5.43 Å². The van der Waals surface area contributed by atoms with E-state index >= 15 is 0 Å². The van der Waals surface area contributed by atoms with Crippen LogP contribution in [0, 0.1) is 0 Å². The van der Waals surface area contributed by atoms with Crippen molar-refractivity contribution in [1.29, 1.82) is 0 Å². The average Bonchev–Trinajstić information content (AvgIpc) is 2.64. The minimum absolute atomic E-state index is 0.147. The Morgan fingerprint density at radius 2 is 1.56 bits per heavy atom. The Labute approximate surface area is 163 Å². The van der Waals surface area contributed by atoms with E-state index in [-0.39, 0.29) is 6.42 Å². The number of nitrogens with one attached hydrogen (secondary N) is 1. The molecule has 0 spiro atoms. The fraction of sp³-hybridized carbons (Fsp3) is 0.300. The topological polar surface area (TPSA) is 86.7 Å². The van der Waals surface area contributed by atoms with Crippen LogP contribution in [0.5, 0.6) is 0 Å². The van der Waals surface area contributed by atoms with Crippen LogP contribution in [-0.4, -0.2) is 41.1 Å². The van der Waals surface area contributed by atoms with Crippen molar-refractivity contribution in [3.63, 3.8) is 0 Å². The third kappa shape index (κ3) is 5.75. The molecule has 0 aliphatic carbocycles. The summed E-state index contributed by atoms with van der Waals surface area (Å²) < 4.78 is 21.0. The van der Waals surface area contributed by atoms with Crippen LogP contribution in [0.1, 0.15) is 47.9 Å². The monoisotopic (exact) mass is 430 g/mol. The van der Waals surface area contributed by atoms with Crippen LogP contribution in [-0.2, 0) is 8.57 Å². The van der Waals surface area contributed by atoms with E-state index in [0.29, 0.717) is 11.1 Å². The van der Waals surface area contributed by atoms with Gasteiger partial charge in [0.25, 0.3) is 0 Å². The van der Waals surface area contributed by atoms with Crippen molar-refractivity contribution < 1.29 is 17.5 Å². The normalized spacial score (nSPS) is 12.1. The first-order valence-electron chi connectivity index (χ1n) is 8.67. The molecule has 0 radical (unpaired) electrons. The molecule has 2 amide bonds. The van der Waals surface area contributed by atoms with E-state index in [1.54, 1.807) is 75.4 Å². The second kappa shape index (κ2) is 8.95. The molecule has 2 N–H and O–H groups in total. The van der Waals surface area contributed by atoms with Gasteiger partial charge in [-0.05, 0) is 0 Å². The Kier molecular flexibility index (Phi) is 6.90. The quantitative estimate of drug-likeness (QED) is 0.566. The number of hydrazine groups is 1. The Bertz CT molecular complexity index is 804. The van der Waals surface area contributed by atoms with E-state index in [4.69, 9.17) is 0 Å². The summed E-state index contributed by atoms with van der Waals surface area (Å²) >= 11 is -3.65. The van der Waals surface area contributed by atoms with Crippen LogP contribution >= 0.6 is 0 Å². The van der Waals surface area contributed by atoms with Gasteiger partial charge < -0.3 is 0 Å². The molecule has 7 heteroatoms. The number of hydrogen-bond donors (Lipinski definition) is 2. The van der Waals surface area contributed by atoms with Gasteiger partial charge in [0.1, 0.15) is 0 Å². The van der Waals surface area contributed by atoms with Crippen molar-refractivity contribution >= 4 is 26.4 Å². The van der Waals surface area contributed by atoms with Crippen molar-refractivity contribution in [3.8, 4) is 0 Å². The summed E-state index contributed by atoms with van der Waals surface area (Å²) in [5.41, 5.74) is 3.04. The number of carbonyl (C=O) groups excluding carboxylic acids is 2. The van der Waals surface area contributed by atoms with Crippen molar-refractivity contribution in [2.45, 2.75) is 37.5 Å². The van der Waals surface area contributed by atoms with Gasteiger partial charge in [0.05, 0.1) is 0 Å². The number of hydrogen-bond acceptors (Lipinski definition) is 3. The molecule has 142 valence electrons. The van der Waals surface area contributed by atoms with Crippen LogP contribution in [0.4, 0.5) is 0 Å². The zero-order valence-electron chi connectivity index (χ0n) is 15.7. The van der Waals surface area contributed by atoms with Gasteiger partial charge in [-0.2, -0.15) is 0 Å².